The molecule has 28 heavy (non-hydrogen) atoms. The van der Waals surface area contributed by atoms with Crippen LogP contribution in [0.4, 0.5) is 4.79 Å². The molecule has 1 N–H and O–H groups in total. The van der Waals surface area contributed by atoms with Gasteiger partial charge >= 0.3 is 12.0 Å². The van der Waals surface area contributed by atoms with E-state index in [4.69, 9.17) is 4.74 Å². The van der Waals surface area contributed by atoms with E-state index in [-0.39, 0.29) is 24.5 Å². The van der Waals surface area contributed by atoms with Crippen LogP contribution in [0.3, 0.4) is 0 Å². The number of carbonyl (C=O) groups is 4. The Labute approximate surface area is 164 Å². The standard InChI is InChI=1S/C20H27N3O5/c24-16(23(15-8-9-15)14-6-2-1-3-7-14)13-28-17(25)12-22-18(26)20(21-19(22)27)10-4-5-11-20/h6,15H,1-5,7-13H2,(H,21,27). The van der Waals surface area contributed by atoms with E-state index in [1.54, 1.807) is 4.90 Å². The summed E-state index contributed by atoms with van der Waals surface area (Å²) in [6, 6.07) is -0.342. The molecular weight excluding hydrogens is 362 g/mol. The van der Waals surface area contributed by atoms with Crippen molar-refractivity contribution < 1.29 is 23.9 Å². The molecule has 0 aromatic heterocycles. The first-order valence-electron chi connectivity index (χ1n) is 10.3. The van der Waals surface area contributed by atoms with Gasteiger partial charge in [0.05, 0.1) is 0 Å². The monoisotopic (exact) mass is 389 g/mol. The van der Waals surface area contributed by atoms with E-state index in [1.807, 2.05) is 0 Å². The lowest BCUT2D eigenvalue weighted by Crippen LogP contribution is -2.44. The van der Waals surface area contributed by atoms with Gasteiger partial charge in [-0.1, -0.05) is 18.9 Å². The summed E-state index contributed by atoms with van der Waals surface area (Å²) in [6.07, 6.45) is 11.1. The number of imide groups is 1. The number of hydrogen-bond donors (Lipinski definition) is 1. The van der Waals surface area contributed by atoms with Crippen molar-refractivity contribution in [1.29, 1.82) is 0 Å². The van der Waals surface area contributed by atoms with Gasteiger partial charge in [-0.25, -0.2) is 4.79 Å². The summed E-state index contributed by atoms with van der Waals surface area (Å²) in [6.45, 7) is -0.812. The van der Waals surface area contributed by atoms with Crippen molar-refractivity contribution in [2.75, 3.05) is 13.2 Å². The van der Waals surface area contributed by atoms with E-state index in [2.05, 4.69) is 11.4 Å². The number of hydrogen-bond acceptors (Lipinski definition) is 5. The Morgan fingerprint density at radius 1 is 1.18 bits per heavy atom. The molecule has 3 fully saturated rings. The SMILES string of the molecule is O=C(CN1C(=O)NC2(CCCC2)C1=O)OCC(=O)N(C1=CCCCC1)C1CC1. The second-order valence-electron chi connectivity index (χ2n) is 8.21. The van der Waals surface area contributed by atoms with Crippen molar-refractivity contribution in [2.24, 2.45) is 0 Å². The third-order valence-corrected chi connectivity index (χ3v) is 6.10. The highest BCUT2D eigenvalue weighted by molar-refractivity contribution is 6.08. The topological polar surface area (TPSA) is 96.0 Å². The van der Waals surface area contributed by atoms with Crippen molar-refractivity contribution in [3.63, 3.8) is 0 Å². The predicted octanol–water partition coefficient (Wildman–Crippen LogP) is 1.84. The predicted molar refractivity (Wildman–Crippen MR) is 98.8 cm³/mol. The van der Waals surface area contributed by atoms with Crippen LogP contribution in [-0.2, 0) is 19.1 Å². The maximum Gasteiger partial charge on any atom is 0.326 e. The molecule has 1 spiro atoms. The number of carbonyl (C=O) groups excluding carboxylic acids is 4. The fourth-order valence-corrected chi connectivity index (χ4v) is 4.49. The molecule has 0 aromatic carbocycles. The van der Waals surface area contributed by atoms with Crippen molar-refractivity contribution in [3.8, 4) is 0 Å². The molecule has 0 aromatic rings. The first-order valence-corrected chi connectivity index (χ1v) is 10.3. The maximum absolute atomic E-state index is 12.6. The van der Waals surface area contributed by atoms with Crippen molar-refractivity contribution in [1.82, 2.24) is 15.1 Å². The molecule has 0 unspecified atom stereocenters. The molecule has 1 saturated heterocycles. The Morgan fingerprint density at radius 2 is 1.93 bits per heavy atom. The van der Waals surface area contributed by atoms with Gasteiger partial charge < -0.3 is 15.0 Å². The number of esters is 1. The number of ether oxygens (including phenoxy) is 1. The highest BCUT2D eigenvalue weighted by atomic mass is 16.5. The summed E-state index contributed by atoms with van der Waals surface area (Å²) in [4.78, 5) is 52.3. The van der Waals surface area contributed by atoms with Gasteiger partial charge in [-0.15, -0.1) is 0 Å². The summed E-state index contributed by atoms with van der Waals surface area (Å²) in [5, 5.41) is 2.73. The first-order chi connectivity index (χ1) is 13.5. The Hall–Kier alpha value is -2.38. The molecule has 1 aliphatic heterocycles. The minimum absolute atomic E-state index is 0.212. The fourth-order valence-electron chi connectivity index (χ4n) is 4.49. The quantitative estimate of drug-likeness (QED) is 0.552. The third kappa shape index (κ3) is 3.64. The average Bonchev–Trinajstić information content (AvgIpc) is 3.36. The molecule has 8 heteroatoms. The zero-order valence-electron chi connectivity index (χ0n) is 16.1. The lowest BCUT2D eigenvalue weighted by Gasteiger charge is -2.27. The zero-order valence-corrected chi connectivity index (χ0v) is 16.1. The largest absolute Gasteiger partial charge is 0.454 e. The summed E-state index contributed by atoms with van der Waals surface area (Å²) >= 11 is 0. The normalized spacial score (nSPS) is 23.6. The molecule has 8 nitrogen and oxygen atoms in total. The molecule has 4 amide bonds. The molecule has 1 heterocycles. The van der Waals surface area contributed by atoms with Crippen molar-refractivity contribution >= 4 is 23.8 Å². The number of amides is 4. The molecule has 0 radical (unpaired) electrons. The van der Waals surface area contributed by atoms with Gasteiger partial charge in [0.1, 0.15) is 12.1 Å². The van der Waals surface area contributed by atoms with Crippen LogP contribution in [0.1, 0.15) is 64.2 Å². The summed E-state index contributed by atoms with van der Waals surface area (Å²) in [7, 11) is 0. The number of nitrogens with zero attached hydrogens (tertiary/aromatic N) is 2. The lowest BCUT2D eigenvalue weighted by atomic mass is 9.98. The van der Waals surface area contributed by atoms with Gasteiger partial charge in [-0.3, -0.25) is 19.3 Å². The minimum atomic E-state index is -0.844. The third-order valence-electron chi connectivity index (χ3n) is 6.10. The van der Waals surface area contributed by atoms with Crippen molar-refractivity contribution in [3.05, 3.63) is 11.8 Å². The summed E-state index contributed by atoms with van der Waals surface area (Å²) in [5.74, 6) is -1.32. The molecule has 3 aliphatic carbocycles. The van der Waals surface area contributed by atoms with Gasteiger partial charge in [0.15, 0.2) is 6.61 Å². The highest BCUT2D eigenvalue weighted by Crippen LogP contribution is 2.35. The van der Waals surface area contributed by atoms with E-state index in [9.17, 15) is 19.2 Å². The van der Waals surface area contributed by atoms with E-state index < -0.39 is 24.1 Å². The first kappa shape index (κ1) is 19.0. The maximum atomic E-state index is 12.6. The Bertz CT molecular complexity index is 721. The van der Waals surface area contributed by atoms with Crippen LogP contribution < -0.4 is 5.32 Å². The van der Waals surface area contributed by atoms with E-state index in [0.29, 0.717) is 12.8 Å². The number of nitrogens with one attached hydrogen (secondary N) is 1. The molecule has 152 valence electrons. The van der Waals surface area contributed by atoms with E-state index in [0.717, 1.165) is 62.0 Å². The fraction of sp³-hybridized carbons (Fsp3) is 0.700. The van der Waals surface area contributed by atoms with Crippen LogP contribution in [0.5, 0.6) is 0 Å². The number of rotatable bonds is 6. The second kappa shape index (κ2) is 7.56. The second-order valence-corrected chi connectivity index (χ2v) is 8.21. The van der Waals surface area contributed by atoms with Crippen molar-refractivity contribution in [2.45, 2.75) is 75.8 Å². The Morgan fingerprint density at radius 3 is 2.57 bits per heavy atom. The van der Waals surface area contributed by atoms with E-state index in [1.165, 1.54) is 0 Å². The molecule has 4 aliphatic rings. The smallest absolute Gasteiger partial charge is 0.326 e. The molecule has 4 rings (SSSR count). The number of urea groups is 1. The van der Waals surface area contributed by atoms with Gasteiger partial charge in [-0.2, -0.15) is 0 Å². The van der Waals surface area contributed by atoms with Gasteiger partial charge in [0.25, 0.3) is 11.8 Å². The van der Waals surface area contributed by atoms with Crippen LogP contribution >= 0.6 is 0 Å². The van der Waals surface area contributed by atoms with Crippen LogP contribution in [-0.4, -0.2) is 58.3 Å². The molecule has 0 atom stereocenters. The van der Waals surface area contributed by atoms with Crippen LogP contribution in [0.2, 0.25) is 0 Å². The molecule has 0 bridgehead atoms. The summed E-state index contributed by atoms with van der Waals surface area (Å²) in [5.41, 5.74) is 0.190. The van der Waals surface area contributed by atoms with Gasteiger partial charge in [0.2, 0.25) is 0 Å². The van der Waals surface area contributed by atoms with Gasteiger partial charge in [-0.05, 0) is 51.4 Å². The minimum Gasteiger partial charge on any atom is -0.454 e. The summed E-state index contributed by atoms with van der Waals surface area (Å²) < 4.78 is 5.13. The van der Waals surface area contributed by atoms with Crippen LogP contribution in [0.15, 0.2) is 11.8 Å². The van der Waals surface area contributed by atoms with E-state index >= 15 is 0 Å². The van der Waals surface area contributed by atoms with Crippen LogP contribution in [0, 0.1) is 0 Å². The molecule has 2 saturated carbocycles. The molecular formula is C20H27N3O5. The average molecular weight is 389 g/mol. The lowest BCUT2D eigenvalue weighted by molar-refractivity contribution is -0.153. The van der Waals surface area contributed by atoms with Crippen LogP contribution in [0.25, 0.3) is 0 Å². The number of allylic oxidation sites excluding steroid dienone is 2. The highest BCUT2D eigenvalue weighted by Gasteiger charge is 2.52. The zero-order chi connectivity index (χ0) is 19.7. The Balaban J connectivity index is 1.31. The Kier molecular flexibility index (Phi) is 5.12. The van der Waals surface area contributed by atoms with Gasteiger partial charge in [0, 0.05) is 11.7 Å².